The molecule has 0 aliphatic rings. The van der Waals surface area contributed by atoms with Crippen molar-refractivity contribution in [1.29, 1.82) is 0 Å². The third kappa shape index (κ3) is 3.14. The van der Waals surface area contributed by atoms with E-state index in [0.29, 0.717) is 16.9 Å². The zero-order chi connectivity index (χ0) is 18.7. The van der Waals surface area contributed by atoms with Crippen LogP contribution in [0.2, 0.25) is 0 Å². The van der Waals surface area contributed by atoms with Gasteiger partial charge >= 0.3 is 11.9 Å². The second-order valence-electron chi connectivity index (χ2n) is 5.44. The van der Waals surface area contributed by atoms with Gasteiger partial charge < -0.3 is 9.84 Å². The first-order valence-electron chi connectivity index (χ1n) is 7.94. The molecule has 0 aliphatic heterocycles. The van der Waals surface area contributed by atoms with Gasteiger partial charge in [0.25, 0.3) is 5.56 Å². The molecule has 132 valence electrons. The average molecular weight is 352 g/mol. The number of aromatic nitrogens is 2. The predicted octanol–water partition coefficient (Wildman–Crippen LogP) is 2.71. The third-order valence-electron chi connectivity index (χ3n) is 3.80. The fourth-order valence-corrected chi connectivity index (χ4v) is 2.64. The molecule has 0 radical (unpaired) electrons. The molecule has 0 aliphatic carbocycles. The molecule has 7 heteroatoms. The third-order valence-corrected chi connectivity index (χ3v) is 3.80. The summed E-state index contributed by atoms with van der Waals surface area (Å²) in [6.45, 7) is 1.81. The number of ether oxygens (including phenoxy) is 1. The summed E-state index contributed by atoms with van der Waals surface area (Å²) in [5.41, 5.74) is 0.968. The minimum absolute atomic E-state index is 0.0969. The van der Waals surface area contributed by atoms with Crippen molar-refractivity contribution in [3.8, 4) is 16.9 Å². The zero-order valence-electron chi connectivity index (χ0n) is 13.9. The van der Waals surface area contributed by atoms with E-state index < -0.39 is 17.5 Å². The van der Waals surface area contributed by atoms with Crippen LogP contribution < -0.4 is 5.56 Å². The second-order valence-corrected chi connectivity index (χ2v) is 5.44. The van der Waals surface area contributed by atoms with Crippen LogP contribution in [-0.2, 0) is 4.74 Å². The molecular weight excluding hydrogens is 336 g/mol. The van der Waals surface area contributed by atoms with Gasteiger partial charge in [-0.15, -0.1) is 0 Å². The number of carbonyl (C=O) groups excluding carboxylic acids is 1. The normalized spacial score (nSPS) is 10.5. The van der Waals surface area contributed by atoms with E-state index in [4.69, 9.17) is 9.84 Å². The summed E-state index contributed by atoms with van der Waals surface area (Å²) in [7, 11) is 0. The molecule has 7 nitrogen and oxygen atoms in total. The Morgan fingerprint density at radius 2 is 1.73 bits per heavy atom. The summed E-state index contributed by atoms with van der Waals surface area (Å²) < 4.78 is 6.47. The minimum Gasteiger partial charge on any atom is -0.478 e. The van der Waals surface area contributed by atoms with Crippen LogP contribution in [0.5, 0.6) is 0 Å². The smallest absolute Gasteiger partial charge is 0.346 e. The molecule has 0 amide bonds. The van der Waals surface area contributed by atoms with Crippen LogP contribution >= 0.6 is 0 Å². The lowest BCUT2D eigenvalue weighted by atomic mass is 10.1. The van der Waals surface area contributed by atoms with Gasteiger partial charge in [0.2, 0.25) is 0 Å². The lowest BCUT2D eigenvalue weighted by Crippen LogP contribution is -2.15. The van der Waals surface area contributed by atoms with E-state index in [0.717, 1.165) is 0 Å². The fraction of sp³-hybridized carbons (Fsp3) is 0.105. The minimum atomic E-state index is -1.05. The first-order valence-corrected chi connectivity index (χ1v) is 7.94. The summed E-state index contributed by atoms with van der Waals surface area (Å²) in [5, 5.41) is 11.7. The number of hydrogen-bond acceptors (Lipinski definition) is 4. The standard InChI is InChI=1S/C19H16N2O5/c1-2-26-19(25)15-16(12-6-4-3-5-7-12)21(20-17(15)22)14-10-8-13(9-11-14)18(23)24/h3-11H,2H2,1H3,(H,20,22)(H,23,24). The zero-order valence-corrected chi connectivity index (χ0v) is 13.9. The van der Waals surface area contributed by atoms with Crippen LogP contribution in [-0.4, -0.2) is 33.4 Å². The summed E-state index contributed by atoms with van der Waals surface area (Å²) >= 11 is 0. The van der Waals surface area contributed by atoms with Gasteiger partial charge in [0.15, 0.2) is 5.56 Å². The van der Waals surface area contributed by atoms with E-state index in [2.05, 4.69) is 5.10 Å². The molecule has 0 saturated heterocycles. The van der Waals surface area contributed by atoms with E-state index in [-0.39, 0.29) is 17.7 Å². The van der Waals surface area contributed by atoms with Crippen LogP contribution in [0.25, 0.3) is 16.9 Å². The molecular formula is C19H16N2O5. The Bertz CT molecular complexity index is 1000. The van der Waals surface area contributed by atoms with Crippen LogP contribution in [0.15, 0.2) is 59.4 Å². The lowest BCUT2D eigenvalue weighted by Gasteiger charge is -2.10. The molecule has 2 aromatic carbocycles. The molecule has 0 bridgehead atoms. The van der Waals surface area contributed by atoms with Crippen molar-refractivity contribution in [1.82, 2.24) is 9.78 Å². The molecule has 2 N–H and O–H groups in total. The van der Waals surface area contributed by atoms with Gasteiger partial charge in [0.05, 0.1) is 23.6 Å². The van der Waals surface area contributed by atoms with Crippen LogP contribution in [0.4, 0.5) is 0 Å². The van der Waals surface area contributed by atoms with Crippen molar-refractivity contribution in [3.05, 3.63) is 76.1 Å². The number of nitrogens with one attached hydrogen (secondary N) is 1. The van der Waals surface area contributed by atoms with Gasteiger partial charge in [0.1, 0.15) is 0 Å². The predicted molar refractivity (Wildman–Crippen MR) is 94.7 cm³/mol. The molecule has 0 saturated carbocycles. The number of rotatable bonds is 5. The van der Waals surface area contributed by atoms with Crippen molar-refractivity contribution in [2.45, 2.75) is 6.92 Å². The number of benzene rings is 2. The molecule has 1 heterocycles. The maximum absolute atomic E-state index is 12.4. The van der Waals surface area contributed by atoms with Crippen LogP contribution in [0.3, 0.4) is 0 Å². The Kier molecular flexibility index (Phi) is 4.70. The number of aromatic amines is 1. The van der Waals surface area contributed by atoms with Gasteiger partial charge in [-0.2, -0.15) is 0 Å². The highest BCUT2D eigenvalue weighted by atomic mass is 16.5. The average Bonchev–Trinajstić information content (AvgIpc) is 3.00. The maximum Gasteiger partial charge on any atom is 0.346 e. The lowest BCUT2D eigenvalue weighted by molar-refractivity contribution is 0.0525. The van der Waals surface area contributed by atoms with E-state index in [1.165, 1.54) is 16.8 Å². The second kappa shape index (κ2) is 7.10. The summed E-state index contributed by atoms with van der Waals surface area (Å²) in [6.07, 6.45) is 0. The van der Waals surface area contributed by atoms with E-state index >= 15 is 0 Å². The Hall–Kier alpha value is -3.61. The van der Waals surface area contributed by atoms with Gasteiger partial charge in [-0.25, -0.2) is 9.59 Å². The molecule has 26 heavy (non-hydrogen) atoms. The quantitative estimate of drug-likeness (QED) is 0.688. The largest absolute Gasteiger partial charge is 0.478 e. The molecule has 0 fully saturated rings. The first-order chi connectivity index (χ1) is 12.5. The van der Waals surface area contributed by atoms with Crippen molar-refractivity contribution in [2.24, 2.45) is 0 Å². The van der Waals surface area contributed by atoms with Gasteiger partial charge in [0, 0.05) is 5.56 Å². The topological polar surface area (TPSA) is 101 Å². The van der Waals surface area contributed by atoms with Crippen molar-refractivity contribution >= 4 is 11.9 Å². The fourth-order valence-electron chi connectivity index (χ4n) is 2.64. The van der Waals surface area contributed by atoms with Gasteiger partial charge in [-0.05, 0) is 31.2 Å². The van der Waals surface area contributed by atoms with E-state index in [9.17, 15) is 14.4 Å². The SMILES string of the molecule is CCOC(=O)c1c(-c2ccccc2)n(-c2ccc(C(=O)O)cc2)[nH]c1=O. The first kappa shape index (κ1) is 17.2. The van der Waals surface area contributed by atoms with E-state index in [1.54, 1.807) is 43.3 Å². The molecule has 0 spiro atoms. The number of H-pyrrole nitrogens is 1. The molecule has 1 aromatic heterocycles. The number of aromatic carboxylic acids is 1. The van der Waals surface area contributed by atoms with E-state index in [1.807, 2.05) is 6.07 Å². The Balaban J connectivity index is 2.22. The Labute approximate surface area is 148 Å². The number of esters is 1. The van der Waals surface area contributed by atoms with Gasteiger partial charge in [-0.3, -0.25) is 14.6 Å². The number of hydrogen-bond donors (Lipinski definition) is 2. The number of nitrogens with zero attached hydrogens (tertiary/aromatic N) is 1. The van der Waals surface area contributed by atoms with Crippen molar-refractivity contribution in [3.63, 3.8) is 0 Å². The van der Waals surface area contributed by atoms with Crippen LogP contribution in [0, 0.1) is 0 Å². The highest BCUT2D eigenvalue weighted by molar-refractivity contribution is 5.96. The summed E-state index contributed by atoms with van der Waals surface area (Å²) in [6, 6.07) is 14.9. The Morgan fingerprint density at radius 3 is 2.31 bits per heavy atom. The van der Waals surface area contributed by atoms with Gasteiger partial charge in [-0.1, -0.05) is 30.3 Å². The highest BCUT2D eigenvalue weighted by Gasteiger charge is 2.24. The number of carboxylic acids is 1. The molecule has 0 atom stereocenters. The maximum atomic E-state index is 12.4. The number of carboxylic acid groups (broad SMARTS) is 1. The molecule has 3 aromatic rings. The molecule has 0 unspecified atom stereocenters. The van der Waals surface area contributed by atoms with Crippen molar-refractivity contribution in [2.75, 3.05) is 6.61 Å². The number of carbonyl (C=O) groups is 2. The summed E-state index contributed by atoms with van der Waals surface area (Å²) in [5.74, 6) is -1.76. The highest BCUT2D eigenvalue weighted by Crippen LogP contribution is 2.25. The monoisotopic (exact) mass is 352 g/mol. The molecule has 3 rings (SSSR count). The van der Waals surface area contributed by atoms with Crippen LogP contribution in [0.1, 0.15) is 27.6 Å². The Morgan fingerprint density at radius 1 is 1.08 bits per heavy atom. The summed E-state index contributed by atoms with van der Waals surface area (Å²) in [4.78, 5) is 35.8. The van der Waals surface area contributed by atoms with Crippen molar-refractivity contribution < 1.29 is 19.4 Å².